The summed E-state index contributed by atoms with van der Waals surface area (Å²) in [5, 5.41) is 22.7. The lowest BCUT2D eigenvalue weighted by Crippen LogP contribution is -2.32. The molecule has 0 bridgehead atoms. The second-order valence-corrected chi connectivity index (χ2v) is 11.8. The van der Waals surface area contributed by atoms with Crippen LogP contribution in [0, 0.1) is 29.1 Å². The number of aromatic nitrogens is 2. The summed E-state index contributed by atoms with van der Waals surface area (Å²) >= 11 is 6.59. The van der Waals surface area contributed by atoms with Crippen molar-refractivity contribution in [1.29, 1.82) is 5.26 Å². The molecule has 0 radical (unpaired) electrons. The maximum Gasteiger partial charge on any atom is 0.255 e. The molecule has 8 nitrogen and oxygen atoms in total. The van der Waals surface area contributed by atoms with Gasteiger partial charge in [0.2, 0.25) is 5.95 Å². The standard InChI is InChI=1S/C30H30ClN5O3/c1-30(2)6-4-18-17(12-32)8-16(9-23(18)30)25-5-7-33-29(34-25)35-26-11-24(31)19(10-27(26)39-3)28(38)36-13-20-21(14-36)22(20)15-37/h5,7-11,20-22,37H,4,6,13-15H2,1-3H3,(H,33,34,35). The molecule has 2 aromatic carbocycles. The Bertz CT molecular complexity index is 1520. The highest BCUT2D eigenvalue weighted by Gasteiger charge is 2.56. The number of halogens is 1. The second-order valence-electron chi connectivity index (χ2n) is 11.4. The Morgan fingerprint density at radius 2 is 2.05 bits per heavy atom. The number of methoxy groups -OCH3 is 1. The van der Waals surface area contributed by atoms with Crippen LogP contribution in [0.25, 0.3) is 11.3 Å². The van der Waals surface area contributed by atoms with E-state index in [1.807, 2.05) is 12.1 Å². The average molecular weight is 544 g/mol. The van der Waals surface area contributed by atoms with Crippen LogP contribution in [-0.2, 0) is 11.8 Å². The third-order valence-corrected chi connectivity index (χ3v) is 9.00. The van der Waals surface area contributed by atoms with E-state index in [9.17, 15) is 15.2 Å². The van der Waals surface area contributed by atoms with Gasteiger partial charge in [0.1, 0.15) is 5.75 Å². The van der Waals surface area contributed by atoms with Gasteiger partial charge in [0, 0.05) is 31.5 Å². The summed E-state index contributed by atoms with van der Waals surface area (Å²) in [6, 6.07) is 11.5. The number of nitriles is 1. The van der Waals surface area contributed by atoms with E-state index in [1.54, 1.807) is 23.2 Å². The number of carbonyl (C=O) groups excluding carboxylic acids is 1. The molecule has 39 heavy (non-hydrogen) atoms. The molecule has 3 aliphatic rings. The molecule has 1 saturated heterocycles. The smallest absolute Gasteiger partial charge is 0.255 e. The minimum atomic E-state index is -0.139. The van der Waals surface area contributed by atoms with E-state index in [2.05, 4.69) is 36.3 Å². The SMILES string of the molecule is COc1cc(C(=O)N2CC3C(CO)C3C2)c(Cl)cc1Nc1nccc(-c2cc(C#N)c3c(c2)C(C)(C)CC3)n1. The first kappa shape index (κ1) is 25.6. The Labute approximate surface area is 232 Å². The summed E-state index contributed by atoms with van der Waals surface area (Å²) in [6.45, 7) is 5.88. The molecule has 1 aromatic heterocycles. The molecule has 2 N–H and O–H groups in total. The Morgan fingerprint density at radius 1 is 1.28 bits per heavy atom. The second kappa shape index (κ2) is 9.51. The van der Waals surface area contributed by atoms with Crippen LogP contribution in [-0.4, -0.2) is 52.7 Å². The zero-order valence-electron chi connectivity index (χ0n) is 22.2. The van der Waals surface area contributed by atoms with E-state index in [0.29, 0.717) is 70.1 Å². The summed E-state index contributed by atoms with van der Waals surface area (Å²) in [7, 11) is 1.53. The molecular weight excluding hydrogens is 514 g/mol. The monoisotopic (exact) mass is 543 g/mol. The zero-order chi connectivity index (χ0) is 27.5. The zero-order valence-corrected chi connectivity index (χ0v) is 22.9. The predicted molar refractivity (Wildman–Crippen MR) is 148 cm³/mol. The first-order chi connectivity index (χ1) is 18.7. The van der Waals surface area contributed by atoms with Crippen molar-refractivity contribution in [3.63, 3.8) is 0 Å². The number of likely N-dealkylation sites (tertiary alicyclic amines) is 1. The van der Waals surface area contributed by atoms with Crippen LogP contribution in [0.3, 0.4) is 0 Å². The quantitative estimate of drug-likeness (QED) is 0.452. The molecule has 3 aromatic rings. The normalized spacial score (nSPS) is 22.2. The number of hydrogen-bond acceptors (Lipinski definition) is 7. The van der Waals surface area contributed by atoms with Crippen LogP contribution in [0.1, 0.15) is 47.3 Å². The molecule has 0 spiro atoms. The Hall–Kier alpha value is -3.67. The molecule has 2 aliphatic carbocycles. The number of aliphatic hydroxyl groups is 1. The molecule has 9 heteroatoms. The third kappa shape index (κ3) is 4.40. The van der Waals surface area contributed by atoms with E-state index < -0.39 is 0 Å². The summed E-state index contributed by atoms with van der Waals surface area (Å²) in [6.07, 6.45) is 3.58. The van der Waals surface area contributed by atoms with E-state index in [1.165, 1.54) is 12.7 Å². The number of rotatable bonds is 6. The van der Waals surface area contributed by atoms with Gasteiger partial charge in [0.05, 0.1) is 40.7 Å². The fourth-order valence-electron chi connectivity index (χ4n) is 6.31. The lowest BCUT2D eigenvalue weighted by molar-refractivity contribution is 0.0760. The molecule has 1 amide bonds. The number of anilines is 2. The van der Waals surface area contributed by atoms with Crippen LogP contribution in [0.2, 0.25) is 5.02 Å². The van der Waals surface area contributed by atoms with Crippen molar-refractivity contribution in [1.82, 2.24) is 14.9 Å². The van der Waals surface area contributed by atoms with Crippen LogP contribution < -0.4 is 10.1 Å². The average Bonchev–Trinajstić information content (AvgIpc) is 3.22. The lowest BCUT2D eigenvalue weighted by atomic mass is 9.84. The number of nitrogens with zero attached hydrogens (tertiary/aromatic N) is 4. The van der Waals surface area contributed by atoms with Gasteiger partial charge in [0.25, 0.3) is 5.91 Å². The van der Waals surface area contributed by atoms with Crippen LogP contribution >= 0.6 is 11.6 Å². The van der Waals surface area contributed by atoms with Crippen molar-refractivity contribution < 1.29 is 14.6 Å². The van der Waals surface area contributed by atoms with Gasteiger partial charge >= 0.3 is 0 Å². The molecule has 2 unspecified atom stereocenters. The minimum Gasteiger partial charge on any atom is -0.495 e. The Kier molecular flexibility index (Phi) is 6.24. The molecule has 2 fully saturated rings. The third-order valence-electron chi connectivity index (χ3n) is 8.69. The largest absolute Gasteiger partial charge is 0.495 e. The Morgan fingerprint density at radius 3 is 2.74 bits per heavy atom. The number of piperidine rings is 1. The van der Waals surface area contributed by atoms with E-state index in [4.69, 9.17) is 21.3 Å². The fourth-order valence-corrected chi connectivity index (χ4v) is 6.55. The summed E-state index contributed by atoms with van der Waals surface area (Å²) < 4.78 is 5.59. The Balaban J connectivity index is 1.26. The molecule has 6 rings (SSSR count). The molecule has 200 valence electrons. The van der Waals surface area contributed by atoms with Crippen molar-refractivity contribution in [3.8, 4) is 23.1 Å². The van der Waals surface area contributed by atoms with Crippen molar-refractivity contribution in [3.05, 3.63) is 63.8 Å². The van der Waals surface area contributed by atoms with Crippen molar-refractivity contribution in [2.24, 2.45) is 17.8 Å². The highest BCUT2D eigenvalue weighted by Crippen LogP contribution is 2.51. The van der Waals surface area contributed by atoms with Gasteiger partial charge in [-0.1, -0.05) is 25.4 Å². The number of fused-ring (bicyclic) bond motifs is 2. The first-order valence-corrected chi connectivity index (χ1v) is 13.6. The van der Waals surface area contributed by atoms with Gasteiger partial charge in [-0.05, 0) is 77.5 Å². The van der Waals surface area contributed by atoms with Crippen molar-refractivity contribution in [2.75, 3.05) is 32.1 Å². The van der Waals surface area contributed by atoms with Gasteiger partial charge in [-0.15, -0.1) is 0 Å². The summed E-state index contributed by atoms with van der Waals surface area (Å²) in [5.74, 6) is 1.72. The van der Waals surface area contributed by atoms with Gasteiger partial charge in [-0.25, -0.2) is 9.97 Å². The highest BCUT2D eigenvalue weighted by atomic mass is 35.5. The van der Waals surface area contributed by atoms with E-state index in [-0.39, 0.29) is 17.9 Å². The number of benzene rings is 2. The van der Waals surface area contributed by atoms with Crippen molar-refractivity contribution >= 4 is 29.1 Å². The topological polar surface area (TPSA) is 111 Å². The predicted octanol–water partition coefficient (Wildman–Crippen LogP) is 4.95. The van der Waals surface area contributed by atoms with Gasteiger partial charge in [-0.3, -0.25) is 4.79 Å². The summed E-state index contributed by atoms with van der Waals surface area (Å²) in [4.78, 5) is 24.1. The first-order valence-electron chi connectivity index (χ1n) is 13.2. The molecule has 1 saturated carbocycles. The minimum absolute atomic E-state index is 0.00436. The molecule has 2 heterocycles. The number of ether oxygens (including phenoxy) is 1. The van der Waals surface area contributed by atoms with Crippen LogP contribution in [0.5, 0.6) is 5.75 Å². The fraction of sp³-hybridized carbons (Fsp3) is 0.400. The van der Waals surface area contributed by atoms with Gasteiger partial charge < -0.3 is 20.1 Å². The van der Waals surface area contributed by atoms with E-state index in [0.717, 1.165) is 24.0 Å². The molecule has 2 atom stereocenters. The molecular formula is C30H30ClN5O3. The maximum absolute atomic E-state index is 13.2. The van der Waals surface area contributed by atoms with Crippen LogP contribution in [0.4, 0.5) is 11.6 Å². The number of nitrogens with one attached hydrogen (secondary N) is 1. The van der Waals surface area contributed by atoms with Crippen molar-refractivity contribution in [2.45, 2.75) is 32.1 Å². The van der Waals surface area contributed by atoms with E-state index >= 15 is 0 Å². The highest BCUT2D eigenvalue weighted by molar-refractivity contribution is 6.34. The van der Waals surface area contributed by atoms with Gasteiger partial charge in [-0.2, -0.15) is 5.26 Å². The number of carbonyl (C=O) groups is 1. The molecule has 1 aliphatic heterocycles. The number of aliphatic hydroxyl groups excluding tert-OH is 1. The number of hydrogen-bond donors (Lipinski definition) is 2. The van der Waals surface area contributed by atoms with Crippen LogP contribution in [0.15, 0.2) is 36.5 Å². The van der Waals surface area contributed by atoms with Gasteiger partial charge in [0.15, 0.2) is 0 Å². The number of amides is 1. The maximum atomic E-state index is 13.2. The lowest BCUT2D eigenvalue weighted by Gasteiger charge is -2.21. The summed E-state index contributed by atoms with van der Waals surface area (Å²) in [5.41, 5.74) is 5.49.